The molecule has 0 saturated heterocycles. The van der Waals surface area contributed by atoms with E-state index in [1.807, 2.05) is 6.92 Å². The summed E-state index contributed by atoms with van der Waals surface area (Å²) in [5.41, 5.74) is 9.94. The van der Waals surface area contributed by atoms with E-state index in [-0.39, 0.29) is 6.04 Å². The molecule has 0 bridgehead atoms. The number of hydrogen-bond acceptors (Lipinski definition) is 2. The van der Waals surface area contributed by atoms with E-state index in [9.17, 15) is 0 Å². The van der Waals surface area contributed by atoms with Crippen LogP contribution < -0.4 is 10.5 Å². The molecule has 0 heterocycles. The average molecular weight is 254 g/mol. The highest BCUT2D eigenvalue weighted by Gasteiger charge is 2.21. The molecule has 0 aliphatic heterocycles. The Bertz CT molecular complexity index is 415. The third-order valence-electron chi connectivity index (χ3n) is 3.51. The highest BCUT2D eigenvalue weighted by molar-refractivity contribution is 6.32. The van der Waals surface area contributed by atoms with Crippen molar-refractivity contribution in [3.63, 3.8) is 0 Å². The fourth-order valence-electron chi connectivity index (χ4n) is 2.75. The molecular formula is C14H20ClNO. The van der Waals surface area contributed by atoms with Gasteiger partial charge < -0.3 is 10.5 Å². The first-order valence-corrected chi connectivity index (χ1v) is 6.66. The predicted molar refractivity (Wildman–Crippen MR) is 71.9 cm³/mol. The third kappa shape index (κ3) is 2.43. The maximum Gasteiger partial charge on any atom is 0.142 e. The van der Waals surface area contributed by atoms with E-state index in [4.69, 9.17) is 22.1 Å². The molecule has 3 heteroatoms. The van der Waals surface area contributed by atoms with Gasteiger partial charge >= 0.3 is 0 Å². The number of aryl methyl sites for hydroxylation is 1. The van der Waals surface area contributed by atoms with Crippen molar-refractivity contribution < 1.29 is 4.74 Å². The maximum absolute atomic E-state index is 6.28. The second kappa shape index (κ2) is 5.28. The third-order valence-corrected chi connectivity index (χ3v) is 3.79. The van der Waals surface area contributed by atoms with E-state index >= 15 is 0 Å². The molecule has 1 aliphatic carbocycles. The first-order chi connectivity index (χ1) is 8.15. The van der Waals surface area contributed by atoms with Crippen LogP contribution in [0.1, 0.15) is 48.9 Å². The van der Waals surface area contributed by atoms with Gasteiger partial charge in [-0.15, -0.1) is 0 Å². The zero-order valence-electron chi connectivity index (χ0n) is 10.6. The molecule has 2 N–H and O–H groups in total. The second-order valence-electron chi connectivity index (χ2n) is 4.79. The van der Waals surface area contributed by atoms with E-state index in [1.54, 1.807) is 7.11 Å². The molecule has 1 aromatic rings. The van der Waals surface area contributed by atoms with Gasteiger partial charge in [-0.05, 0) is 49.8 Å². The summed E-state index contributed by atoms with van der Waals surface area (Å²) >= 11 is 6.28. The van der Waals surface area contributed by atoms with Crippen LogP contribution in [0.2, 0.25) is 5.02 Å². The van der Waals surface area contributed by atoms with Crippen LogP contribution in [-0.4, -0.2) is 7.11 Å². The Kier molecular flexibility index (Phi) is 3.95. The van der Waals surface area contributed by atoms with E-state index in [0.29, 0.717) is 5.02 Å². The largest absolute Gasteiger partial charge is 0.495 e. The number of methoxy groups -OCH3 is 1. The summed E-state index contributed by atoms with van der Waals surface area (Å²) in [5, 5.41) is 0.695. The number of hydrogen-bond donors (Lipinski definition) is 1. The lowest BCUT2D eigenvalue weighted by Crippen LogP contribution is -2.12. The molecule has 0 fully saturated rings. The van der Waals surface area contributed by atoms with Gasteiger partial charge in [-0.25, -0.2) is 0 Å². The second-order valence-corrected chi connectivity index (χ2v) is 5.20. The lowest BCUT2D eigenvalue weighted by atomic mass is 9.92. The lowest BCUT2D eigenvalue weighted by molar-refractivity contribution is 0.406. The van der Waals surface area contributed by atoms with Gasteiger partial charge in [-0.3, -0.25) is 0 Å². The Hall–Kier alpha value is -0.730. The van der Waals surface area contributed by atoms with Crippen molar-refractivity contribution in [2.75, 3.05) is 7.11 Å². The minimum Gasteiger partial charge on any atom is -0.495 e. The fraction of sp³-hybridized carbons (Fsp3) is 0.571. The van der Waals surface area contributed by atoms with E-state index in [2.05, 4.69) is 6.07 Å². The van der Waals surface area contributed by atoms with Crippen LogP contribution in [0.15, 0.2) is 6.07 Å². The molecule has 0 aromatic heterocycles. The normalized spacial score (nSPS) is 17.2. The molecule has 2 nitrogen and oxygen atoms in total. The molecule has 0 saturated carbocycles. The summed E-state index contributed by atoms with van der Waals surface area (Å²) in [4.78, 5) is 0. The number of fused-ring (bicyclic) bond motifs is 1. The fourth-order valence-corrected chi connectivity index (χ4v) is 3.06. The molecule has 2 rings (SSSR count). The monoisotopic (exact) mass is 253 g/mol. The predicted octanol–water partition coefficient (Wildman–Crippen LogP) is 3.64. The highest BCUT2D eigenvalue weighted by Crippen LogP contribution is 2.39. The van der Waals surface area contributed by atoms with Gasteiger partial charge in [0.25, 0.3) is 0 Å². The van der Waals surface area contributed by atoms with E-state index in [0.717, 1.165) is 24.2 Å². The highest BCUT2D eigenvalue weighted by atomic mass is 35.5. The van der Waals surface area contributed by atoms with Crippen molar-refractivity contribution in [2.24, 2.45) is 5.73 Å². The summed E-state index contributed by atoms with van der Waals surface area (Å²) in [5.74, 6) is 0.766. The quantitative estimate of drug-likeness (QED) is 0.817. The zero-order chi connectivity index (χ0) is 12.4. The van der Waals surface area contributed by atoms with Gasteiger partial charge in [0.05, 0.1) is 12.1 Å². The molecule has 0 radical (unpaired) electrons. The molecule has 1 atom stereocenters. The van der Waals surface area contributed by atoms with Crippen molar-refractivity contribution >= 4 is 11.6 Å². The van der Waals surface area contributed by atoms with Gasteiger partial charge in [-0.1, -0.05) is 18.0 Å². The Morgan fingerprint density at radius 3 is 2.65 bits per heavy atom. The van der Waals surface area contributed by atoms with Crippen molar-refractivity contribution in [3.8, 4) is 5.75 Å². The maximum atomic E-state index is 6.28. The summed E-state index contributed by atoms with van der Waals surface area (Å²) in [6, 6.07) is 2.03. The number of ether oxygens (including phenoxy) is 1. The molecule has 1 aliphatic rings. The number of halogens is 1. The van der Waals surface area contributed by atoms with Gasteiger partial charge in [0.2, 0.25) is 0 Å². The molecule has 17 heavy (non-hydrogen) atoms. The van der Waals surface area contributed by atoms with Crippen LogP contribution >= 0.6 is 11.6 Å². The van der Waals surface area contributed by atoms with Gasteiger partial charge in [-0.2, -0.15) is 0 Å². The van der Waals surface area contributed by atoms with Gasteiger partial charge in [0.1, 0.15) is 5.75 Å². The minimum atomic E-state index is -0.0319. The summed E-state index contributed by atoms with van der Waals surface area (Å²) in [6.07, 6.45) is 5.97. The van der Waals surface area contributed by atoms with Crippen LogP contribution in [0.5, 0.6) is 5.75 Å². The molecular weight excluding hydrogens is 234 g/mol. The van der Waals surface area contributed by atoms with Crippen molar-refractivity contribution in [1.82, 2.24) is 0 Å². The molecule has 1 unspecified atom stereocenters. The standard InChI is InChI=1S/C14H20ClNO/c1-9(16)13-11-7-5-3-4-6-10(11)8-12(15)14(13)17-2/h8-9H,3-7,16H2,1-2H3. The van der Waals surface area contributed by atoms with Crippen LogP contribution in [0.4, 0.5) is 0 Å². The van der Waals surface area contributed by atoms with Crippen LogP contribution in [0, 0.1) is 0 Å². The molecule has 0 amide bonds. The Labute approximate surface area is 108 Å². The Morgan fingerprint density at radius 1 is 1.29 bits per heavy atom. The number of benzene rings is 1. The first-order valence-electron chi connectivity index (χ1n) is 6.29. The Morgan fingerprint density at radius 2 is 2.00 bits per heavy atom. The van der Waals surface area contributed by atoms with Crippen molar-refractivity contribution in [1.29, 1.82) is 0 Å². The topological polar surface area (TPSA) is 35.2 Å². The number of rotatable bonds is 2. The molecule has 0 spiro atoms. The van der Waals surface area contributed by atoms with Gasteiger partial charge in [0.15, 0.2) is 0 Å². The summed E-state index contributed by atoms with van der Waals surface area (Å²) in [7, 11) is 1.66. The summed E-state index contributed by atoms with van der Waals surface area (Å²) in [6.45, 7) is 2.00. The Balaban J connectivity index is 2.62. The van der Waals surface area contributed by atoms with Crippen molar-refractivity contribution in [3.05, 3.63) is 27.8 Å². The van der Waals surface area contributed by atoms with Crippen LogP contribution in [0.3, 0.4) is 0 Å². The van der Waals surface area contributed by atoms with E-state index in [1.165, 1.54) is 30.4 Å². The van der Waals surface area contributed by atoms with Gasteiger partial charge in [0, 0.05) is 11.6 Å². The first kappa shape index (κ1) is 12.7. The molecule has 94 valence electrons. The number of nitrogens with two attached hydrogens (primary N) is 1. The molecule has 1 aromatic carbocycles. The zero-order valence-corrected chi connectivity index (χ0v) is 11.3. The van der Waals surface area contributed by atoms with Crippen LogP contribution in [0.25, 0.3) is 0 Å². The SMILES string of the molecule is COc1c(Cl)cc2c(c1C(C)N)CCCCC2. The van der Waals surface area contributed by atoms with Crippen molar-refractivity contribution in [2.45, 2.75) is 45.1 Å². The lowest BCUT2D eigenvalue weighted by Gasteiger charge is -2.20. The minimum absolute atomic E-state index is 0.0319. The summed E-state index contributed by atoms with van der Waals surface area (Å²) < 4.78 is 5.43. The average Bonchev–Trinajstić information content (AvgIpc) is 2.51. The van der Waals surface area contributed by atoms with E-state index < -0.39 is 0 Å². The smallest absolute Gasteiger partial charge is 0.142 e. The van der Waals surface area contributed by atoms with Crippen LogP contribution in [-0.2, 0) is 12.8 Å².